The van der Waals surface area contributed by atoms with Crippen molar-refractivity contribution in [3.63, 3.8) is 0 Å². The first-order valence-electron chi connectivity index (χ1n) is 4.93. The van der Waals surface area contributed by atoms with Gasteiger partial charge in [0.25, 0.3) is 0 Å². The van der Waals surface area contributed by atoms with E-state index in [0.717, 1.165) is 18.8 Å². The highest BCUT2D eigenvalue weighted by Crippen LogP contribution is 2.18. The predicted octanol–water partition coefficient (Wildman–Crippen LogP) is 2.62. The van der Waals surface area contributed by atoms with Gasteiger partial charge >= 0.3 is 0 Å². The molecule has 2 aromatic rings. The fourth-order valence-electron chi connectivity index (χ4n) is 1.41. The van der Waals surface area contributed by atoms with Crippen LogP contribution >= 0.6 is 11.3 Å². The second-order valence-corrected chi connectivity index (χ2v) is 4.39. The van der Waals surface area contributed by atoms with Crippen LogP contribution in [0.3, 0.4) is 0 Å². The molecule has 0 spiro atoms. The van der Waals surface area contributed by atoms with Gasteiger partial charge in [0, 0.05) is 23.7 Å². The Hall–Kier alpha value is -1.32. The fraction of sp³-hybridized carbons (Fsp3) is 0.167. The molecule has 0 bridgehead atoms. The Labute approximate surface area is 93.7 Å². The molecule has 1 aromatic carbocycles. The summed E-state index contributed by atoms with van der Waals surface area (Å²) in [6.45, 7) is 1.73. The van der Waals surface area contributed by atoms with Crippen LogP contribution in [0, 0.1) is 0 Å². The lowest BCUT2D eigenvalue weighted by atomic mass is 10.2. The first-order valence-corrected chi connectivity index (χ1v) is 5.81. The van der Waals surface area contributed by atoms with Crippen molar-refractivity contribution in [1.82, 2.24) is 5.32 Å². The lowest BCUT2D eigenvalue weighted by Crippen LogP contribution is -2.12. The zero-order chi connectivity index (χ0) is 10.5. The summed E-state index contributed by atoms with van der Waals surface area (Å²) in [6, 6.07) is 12.3. The molecule has 1 aromatic heterocycles. The van der Waals surface area contributed by atoms with Crippen molar-refractivity contribution in [2.45, 2.75) is 13.1 Å². The third kappa shape index (κ3) is 2.81. The van der Waals surface area contributed by atoms with Crippen molar-refractivity contribution in [1.29, 1.82) is 0 Å². The molecule has 2 nitrogen and oxygen atoms in total. The summed E-state index contributed by atoms with van der Waals surface area (Å²) in [5.41, 5.74) is 7.98. The molecular weight excluding hydrogens is 204 g/mol. The summed E-state index contributed by atoms with van der Waals surface area (Å²) in [7, 11) is 0. The highest BCUT2D eigenvalue weighted by molar-refractivity contribution is 7.10. The summed E-state index contributed by atoms with van der Waals surface area (Å²) >= 11 is 1.70. The van der Waals surface area contributed by atoms with Gasteiger partial charge in [0.1, 0.15) is 0 Å². The Morgan fingerprint density at radius 1 is 1.07 bits per heavy atom. The monoisotopic (exact) mass is 218 g/mol. The van der Waals surface area contributed by atoms with Crippen LogP contribution in [0.5, 0.6) is 0 Å². The zero-order valence-corrected chi connectivity index (χ0v) is 9.26. The topological polar surface area (TPSA) is 38.0 Å². The van der Waals surface area contributed by atoms with E-state index < -0.39 is 0 Å². The second kappa shape index (κ2) is 4.96. The molecule has 0 amide bonds. The van der Waals surface area contributed by atoms with E-state index >= 15 is 0 Å². The number of nitrogen functional groups attached to an aromatic ring is 1. The van der Waals surface area contributed by atoms with Gasteiger partial charge in [-0.3, -0.25) is 0 Å². The number of hydrogen-bond donors (Lipinski definition) is 2. The maximum absolute atomic E-state index is 5.79. The van der Waals surface area contributed by atoms with Crippen molar-refractivity contribution in [2.24, 2.45) is 0 Å². The van der Waals surface area contributed by atoms with Crippen LogP contribution in [0.25, 0.3) is 0 Å². The van der Waals surface area contributed by atoms with Crippen LogP contribution in [0.1, 0.15) is 10.4 Å². The van der Waals surface area contributed by atoms with Crippen LogP contribution in [0.15, 0.2) is 41.8 Å². The van der Waals surface area contributed by atoms with Crippen molar-refractivity contribution in [3.05, 3.63) is 52.2 Å². The minimum absolute atomic E-state index is 0.846. The van der Waals surface area contributed by atoms with Crippen LogP contribution in [-0.2, 0) is 13.1 Å². The molecule has 78 valence electrons. The molecule has 0 unspecified atom stereocenters. The van der Waals surface area contributed by atoms with Gasteiger partial charge in [0.05, 0.1) is 0 Å². The molecule has 0 fully saturated rings. The van der Waals surface area contributed by atoms with Gasteiger partial charge in [0.2, 0.25) is 0 Å². The molecule has 3 heteroatoms. The van der Waals surface area contributed by atoms with Crippen molar-refractivity contribution < 1.29 is 0 Å². The summed E-state index contributed by atoms with van der Waals surface area (Å²) in [5, 5.41) is 5.40. The number of hydrogen-bond acceptors (Lipinski definition) is 3. The third-order valence-electron chi connectivity index (χ3n) is 2.24. The van der Waals surface area contributed by atoms with Gasteiger partial charge in [-0.1, -0.05) is 30.3 Å². The van der Waals surface area contributed by atoms with E-state index in [0.29, 0.717) is 0 Å². The summed E-state index contributed by atoms with van der Waals surface area (Å²) < 4.78 is 0. The number of rotatable bonds is 4. The highest BCUT2D eigenvalue weighted by atomic mass is 32.1. The molecule has 3 N–H and O–H groups in total. The fourth-order valence-corrected chi connectivity index (χ4v) is 2.18. The first-order chi connectivity index (χ1) is 7.36. The molecule has 0 aliphatic heterocycles. The molecule has 0 aliphatic rings. The zero-order valence-electron chi connectivity index (χ0n) is 8.44. The molecule has 2 rings (SSSR count). The Kier molecular flexibility index (Phi) is 3.37. The van der Waals surface area contributed by atoms with E-state index in [-0.39, 0.29) is 0 Å². The van der Waals surface area contributed by atoms with Gasteiger partial charge in [-0.15, -0.1) is 11.3 Å². The first kappa shape index (κ1) is 10.2. The molecule has 1 heterocycles. The standard InChI is InChI=1S/C12H14N2S/c13-11-6-7-15-12(11)9-14-8-10-4-2-1-3-5-10/h1-7,14H,8-9,13H2. The maximum atomic E-state index is 5.79. The Bertz CT molecular complexity index is 409. The molecule has 0 saturated heterocycles. The van der Waals surface area contributed by atoms with Crippen LogP contribution < -0.4 is 11.1 Å². The SMILES string of the molecule is Nc1ccsc1CNCc1ccccc1. The lowest BCUT2D eigenvalue weighted by molar-refractivity contribution is 0.702. The Balaban J connectivity index is 1.83. The normalized spacial score (nSPS) is 10.4. The molecule has 0 radical (unpaired) electrons. The number of nitrogens with two attached hydrogens (primary N) is 1. The van der Waals surface area contributed by atoms with E-state index in [1.54, 1.807) is 11.3 Å². The minimum atomic E-state index is 0.846. The van der Waals surface area contributed by atoms with Crippen molar-refractivity contribution in [2.75, 3.05) is 5.73 Å². The summed E-state index contributed by atoms with van der Waals surface area (Å²) in [6.07, 6.45) is 0. The molecule has 0 saturated carbocycles. The average molecular weight is 218 g/mol. The molecule has 15 heavy (non-hydrogen) atoms. The number of thiophene rings is 1. The third-order valence-corrected chi connectivity index (χ3v) is 3.17. The highest BCUT2D eigenvalue weighted by Gasteiger charge is 1.99. The van der Waals surface area contributed by atoms with Gasteiger partial charge in [-0.05, 0) is 17.0 Å². The number of anilines is 1. The van der Waals surface area contributed by atoms with E-state index in [1.807, 2.05) is 17.5 Å². The van der Waals surface area contributed by atoms with Gasteiger partial charge < -0.3 is 11.1 Å². The average Bonchev–Trinajstić information content (AvgIpc) is 2.66. The largest absolute Gasteiger partial charge is 0.398 e. The van der Waals surface area contributed by atoms with E-state index in [1.165, 1.54) is 10.4 Å². The molecule has 0 aliphatic carbocycles. The van der Waals surface area contributed by atoms with Crippen molar-refractivity contribution in [3.8, 4) is 0 Å². The quantitative estimate of drug-likeness (QED) is 0.828. The van der Waals surface area contributed by atoms with E-state index in [9.17, 15) is 0 Å². The summed E-state index contributed by atoms with van der Waals surface area (Å²) in [5.74, 6) is 0. The summed E-state index contributed by atoms with van der Waals surface area (Å²) in [4.78, 5) is 1.21. The van der Waals surface area contributed by atoms with E-state index in [2.05, 4.69) is 29.6 Å². The smallest absolute Gasteiger partial charge is 0.0468 e. The van der Waals surface area contributed by atoms with Gasteiger partial charge in [-0.25, -0.2) is 0 Å². The van der Waals surface area contributed by atoms with Gasteiger partial charge in [-0.2, -0.15) is 0 Å². The number of nitrogens with one attached hydrogen (secondary N) is 1. The Morgan fingerprint density at radius 2 is 1.87 bits per heavy atom. The molecular formula is C12H14N2S. The van der Waals surface area contributed by atoms with Crippen LogP contribution in [-0.4, -0.2) is 0 Å². The Morgan fingerprint density at radius 3 is 2.53 bits per heavy atom. The lowest BCUT2D eigenvalue weighted by Gasteiger charge is -2.03. The number of benzene rings is 1. The minimum Gasteiger partial charge on any atom is -0.398 e. The van der Waals surface area contributed by atoms with E-state index in [4.69, 9.17) is 5.73 Å². The second-order valence-electron chi connectivity index (χ2n) is 3.39. The van der Waals surface area contributed by atoms with Gasteiger partial charge in [0.15, 0.2) is 0 Å². The predicted molar refractivity (Wildman–Crippen MR) is 65.7 cm³/mol. The molecule has 0 atom stereocenters. The maximum Gasteiger partial charge on any atom is 0.0468 e. The van der Waals surface area contributed by atoms with Crippen LogP contribution in [0.2, 0.25) is 0 Å². The van der Waals surface area contributed by atoms with Crippen LogP contribution in [0.4, 0.5) is 5.69 Å². The van der Waals surface area contributed by atoms with Crippen molar-refractivity contribution >= 4 is 17.0 Å².